The van der Waals surface area contributed by atoms with Crippen LogP contribution in [0.25, 0.3) is 0 Å². The second-order valence-corrected chi connectivity index (χ2v) is 4.38. The van der Waals surface area contributed by atoms with Gasteiger partial charge in [-0.2, -0.15) is 5.26 Å². The van der Waals surface area contributed by atoms with Crippen LogP contribution in [0.2, 0.25) is 0 Å². The molecule has 0 saturated carbocycles. The number of ether oxygens (including phenoxy) is 1. The Labute approximate surface area is 110 Å². The Kier molecular flexibility index (Phi) is 6.71. The number of methoxy groups -OCH3 is 1. The number of para-hydroxylation sites is 2. The van der Waals surface area contributed by atoms with Gasteiger partial charge in [-0.3, -0.25) is 0 Å². The highest BCUT2D eigenvalue weighted by Gasteiger charge is 2.09. The van der Waals surface area contributed by atoms with Crippen molar-refractivity contribution in [2.75, 3.05) is 12.4 Å². The predicted molar refractivity (Wildman–Crippen MR) is 74.8 cm³/mol. The van der Waals surface area contributed by atoms with Crippen LogP contribution in [-0.4, -0.2) is 13.2 Å². The molecule has 0 bridgehead atoms. The van der Waals surface area contributed by atoms with Gasteiger partial charge in [-0.25, -0.2) is 0 Å². The Morgan fingerprint density at radius 1 is 1.28 bits per heavy atom. The van der Waals surface area contributed by atoms with Gasteiger partial charge in [0.2, 0.25) is 0 Å². The molecule has 3 heteroatoms. The largest absolute Gasteiger partial charge is 0.495 e. The van der Waals surface area contributed by atoms with E-state index in [-0.39, 0.29) is 6.04 Å². The first-order valence-corrected chi connectivity index (χ1v) is 6.61. The molecule has 0 amide bonds. The van der Waals surface area contributed by atoms with Gasteiger partial charge in [0.15, 0.2) is 0 Å². The summed E-state index contributed by atoms with van der Waals surface area (Å²) in [6, 6.07) is 9.87. The first-order chi connectivity index (χ1) is 8.81. The zero-order valence-electron chi connectivity index (χ0n) is 11.3. The zero-order valence-corrected chi connectivity index (χ0v) is 11.3. The smallest absolute Gasteiger partial charge is 0.141 e. The van der Waals surface area contributed by atoms with Gasteiger partial charge in [-0.1, -0.05) is 44.7 Å². The first-order valence-electron chi connectivity index (χ1n) is 6.61. The van der Waals surface area contributed by atoms with Crippen molar-refractivity contribution in [2.24, 2.45) is 0 Å². The standard InChI is InChI=1S/C15H22N2O/c1-3-4-5-6-9-13(12-16)17-14-10-7-8-11-15(14)18-2/h7-8,10-11,13,17H,3-6,9H2,1-2H3. The maximum Gasteiger partial charge on any atom is 0.141 e. The van der Waals surface area contributed by atoms with Crippen LogP contribution in [0.3, 0.4) is 0 Å². The molecule has 1 N–H and O–H groups in total. The fourth-order valence-corrected chi connectivity index (χ4v) is 1.90. The molecule has 18 heavy (non-hydrogen) atoms. The van der Waals surface area contributed by atoms with E-state index in [0.717, 1.165) is 24.3 Å². The molecule has 0 aromatic heterocycles. The monoisotopic (exact) mass is 246 g/mol. The Morgan fingerprint density at radius 3 is 2.72 bits per heavy atom. The van der Waals surface area contributed by atoms with Gasteiger partial charge in [0, 0.05) is 0 Å². The summed E-state index contributed by atoms with van der Waals surface area (Å²) >= 11 is 0. The summed E-state index contributed by atoms with van der Waals surface area (Å²) in [5, 5.41) is 12.4. The Bertz CT molecular complexity index is 384. The highest BCUT2D eigenvalue weighted by Crippen LogP contribution is 2.24. The van der Waals surface area contributed by atoms with Crippen molar-refractivity contribution < 1.29 is 4.74 Å². The van der Waals surface area contributed by atoms with Crippen LogP contribution >= 0.6 is 0 Å². The number of rotatable bonds is 8. The lowest BCUT2D eigenvalue weighted by Gasteiger charge is -2.15. The number of hydrogen-bond acceptors (Lipinski definition) is 3. The van der Waals surface area contributed by atoms with Crippen molar-refractivity contribution in [3.05, 3.63) is 24.3 Å². The third-order valence-electron chi connectivity index (χ3n) is 2.94. The van der Waals surface area contributed by atoms with Crippen LogP contribution in [0.1, 0.15) is 39.0 Å². The van der Waals surface area contributed by atoms with Crippen LogP contribution < -0.4 is 10.1 Å². The van der Waals surface area contributed by atoms with E-state index in [1.165, 1.54) is 19.3 Å². The molecule has 1 aromatic carbocycles. The van der Waals surface area contributed by atoms with E-state index in [2.05, 4.69) is 18.3 Å². The van der Waals surface area contributed by atoms with Crippen LogP contribution in [0.15, 0.2) is 24.3 Å². The Balaban J connectivity index is 2.49. The average Bonchev–Trinajstić information content (AvgIpc) is 2.42. The van der Waals surface area contributed by atoms with E-state index < -0.39 is 0 Å². The number of nitrogens with one attached hydrogen (secondary N) is 1. The summed E-state index contributed by atoms with van der Waals surface area (Å²) < 4.78 is 5.26. The van der Waals surface area contributed by atoms with Gasteiger partial charge in [0.1, 0.15) is 11.8 Å². The summed E-state index contributed by atoms with van der Waals surface area (Å²) in [6.07, 6.45) is 5.63. The topological polar surface area (TPSA) is 45.0 Å². The molecular weight excluding hydrogens is 224 g/mol. The summed E-state index contributed by atoms with van der Waals surface area (Å²) in [5.41, 5.74) is 0.891. The number of benzene rings is 1. The molecule has 0 aliphatic heterocycles. The highest BCUT2D eigenvalue weighted by molar-refractivity contribution is 5.57. The molecule has 0 fully saturated rings. The number of hydrogen-bond donors (Lipinski definition) is 1. The lowest BCUT2D eigenvalue weighted by Crippen LogP contribution is -2.17. The average molecular weight is 246 g/mol. The molecule has 1 aromatic rings. The molecule has 3 nitrogen and oxygen atoms in total. The van der Waals surface area contributed by atoms with E-state index in [1.54, 1.807) is 7.11 Å². The first kappa shape index (κ1) is 14.4. The summed E-state index contributed by atoms with van der Waals surface area (Å²) in [7, 11) is 1.64. The summed E-state index contributed by atoms with van der Waals surface area (Å²) in [4.78, 5) is 0. The second kappa shape index (κ2) is 8.41. The SMILES string of the molecule is CCCCCCC(C#N)Nc1ccccc1OC. The van der Waals surface area contributed by atoms with Gasteiger partial charge in [-0.15, -0.1) is 0 Å². The summed E-state index contributed by atoms with van der Waals surface area (Å²) in [5.74, 6) is 0.784. The lowest BCUT2D eigenvalue weighted by atomic mass is 10.1. The number of unbranched alkanes of at least 4 members (excludes halogenated alkanes) is 3. The van der Waals surface area contributed by atoms with Crippen LogP contribution in [-0.2, 0) is 0 Å². The van der Waals surface area contributed by atoms with Crippen LogP contribution in [0, 0.1) is 11.3 Å². The molecule has 98 valence electrons. The third kappa shape index (κ3) is 4.67. The third-order valence-corrected chi connectivity index (χ3v) is 2.94. The van der Waals surface area contributed by atoms with E-state index in [1.807, 2.05) is 24.3 Å². The number of nitriles is 1. The van der Waals surface area contributed by atoms with Crippen molar-refractivity contribution >= 4 is 5.69 Å². The molecule has 0 radical (unpaired) electrons. The maximum atomic E-state index is 9.15. The minimum absolute atomic E-state index is 0.141. The molecule has 0 aliphatic rings. The number of nitrogens with zero attached hydrogens (tertiary/aromatic N) is 1. The van der Waals surface area contributed by atoms with Crippen molar-refractivity contribution in [3.8, 4) is 11.8 Å². The molecule has 0 saturated heterocycles. The Morgan fingerprint density at radius 2 is 2.06 bits per heavy atom. The molecule has 0 aliphatic carbocycles. The van der Waals surface area contributed by atoms with Gasteiger partial charge in [-0.05, 0) is 18.6 Å². The highest BCUT2D eigenvalue weighted by atomic mass is 16.5. The van der Waals surface area contributed by atoms with Crippen molar-refractivity contribution in [3.63, 3.8) is 0 Å². The van der Waals surface area contributed by atoms with Gasteiger partial charge < -0.3 is 10.1 Å². The van der Waals surface area contributed by atoms with E-state index in [9.17, 15) is 0 Å². The van der Waals surface area contributed by atoms with Crippen LogP contribution in [0.5, 0.6) is 5.75 Å². The molecule has 1 rings (SSSR count). The van der Waals surface area contributed by atoms with Crippen molar-refractivity contribution in [1.82, 2.24) is 0 Å². The van der Waals surface area contributed by atoms with Crippen molar-refractivity contribution in [1.29, 1.82) is 5.26 Å². The second-order valence-electron chi connectivity index (χ2n) is 4.38. The molecule has 0 heterocycles. The zero-order chi connectivity index (χ0) is 13.2. The maximum absolute atomic E-state index is 9.15. The van der Waals surface area contributed by atoms with Crippen molar-refractivity contribution in [2.45, 2.75) is 45.1 Å². The molecule has 1 unspecified atom stereocenters. The molecule has 1 atom stereocenters. The molecular formula is C15H22N2O. The lowest BCUT2D eigenvalue weighted by molar-refractivity contribution is 0.416. The fraction of sp³-hybridized carbons (Fsp3) is 0.533. The predicted octanol–water partition coefficient (Wildman–Crippen LogP) is 3.97. The van der Waals surface area contributed by atoms with E-state index in [0.29, 0.717) is 0 Å². The molecule has 0 spiro atoms. The van der Waals surface area contributed by atoms with E-state index >= 15 is 0 Å². The van der Waals surface area contributed by atoms with Gasteiger partial charge in [0.05, 0.1) is 18.9 Å². The van der Waals surface area contributed by atoms with Gasteiger partial charge >= 0.3 is 0 Å². The van der Waals surface area contributed by atoms with Gasteiger partial charge in [0.25, 0.3) is 0 Å². The quantitative estimate of drug-likeness (QED) is 0.706. The van der Waals surface area contributed by atoms with Crippen LogP contribution in [0.4, 0.5) is 5.69 Å². The minimum atomic E-state index is -0.141. The number of anilines is 1. The summed E-state index contributed by atoms with van der Waals surface area (Å²) in [6.45, 7) is 2.19. The van der Waals surface area contributed by atoms with E-state index in [4.69, 9.17) is 10.00 Å². The minimum Gasteiger partial charge on any atom is -0.495 e. The fourth-order valence-electron chi connectivity index (χ4n) is 1.90. The normalized spacial score (nSPS) is 11.6. The Hall–Kier alpha value is -1.69.